The predicted octanol–water partition coefficient (Wildman–Crippen LogP) is 3.93. The van der Waals surface area contributed by atoms with Crippen LogP contribution in [0.25, 0.3) is 11.1 Å². The number of benzene rings is 1. The van der Waals surface area contributed by atoms with E-state index in [0.29, 0.717) is 17.9 Å². The largest absolute Gasteiger partial charge is 0.494 e. The van der Waals surface area contributed by atoms with Crippen LogP contribution in [-0.4, -0.2) is 41.5 Å². The molecule has 2 atom stereocenters. The van der Waals surface area contributed by atoms with Crippen LogP contribution in [0.1, 0.15) is 49.2 Å². The van der Waals surface area contributed by atoms with E-state index in [2.05, 4.69) is 5.32 Å². The van der Waals surface area contributed by atoms with Gasteiger partial charge in [-0.2, -0.15) is 0 Å². The number of nitrogens with one attached hydrogen (secondary N) is 1. The van der Waals surface area contributed by atoms with Crippen molar-refractivity contribution in [2.24, 2.45) is 0 Å². The normalized spacial score (nSPS) is 24.0. The third kappa shape index (κ3) is 3.39. The lowest BCUT2D eigenvalue weighted by Gasteiger charge is -2.24. The van der Waals surface area contributed by atoms with Crippen molar-refractivity contribution in [3.63, 3.8) is 0 Å². The first-order chi connectivity index (χ1) is 13.8. The van der Waals surface area contributed by atoms with Crippen LogP contribution in [-0.2, 0) is 4.79 Å². The summed E-state index contributed by atoms with van der Waals surface area (Å²) in [6.45, 7) is 7.13. The van der Waals surface area contributed by atoms with Crippen LogP contribution in [0.4, 0.5) is 4.39 Å². The summed E-state index contributed by atoms with van der Waals surface area (Å²) < 4.78 is 20.3. The molecule has 2 aliphatic heterocycles. The summed E-state index contributed by atoms with van der Waals surface area (Å²) in [6, 6.07) is 6.81. The smallest absolute Gasteiger partial charge is 0.242 e. The molecule has 6 heteroatoms. The maximum atomic E-state index is 14.7. The minimum Gasteiger partial charge on any atom is -0.494 e. The van der Waals surface area contributed by atoms with Crippen LogP contribution in [0.3, 0.4) is 0 Å². The molecule has 0 aliphatic carbocycles. The SMILES string of the molecule is CCOc1ccc(F)c(-c2cc([C@@H]3CC[C@]4(CCN(C)C4=O)N3)nc(C)c2C)c1. The van der Waals surface area contributed by atoms with Crippen LogP contribution in [0.5, 0.6) is 5.75 Å². The molecule has 2 aliphatic rings. The zero-order chi connectivity index (χ0) is 20.8. The Morgan fingerprint density at radius 2 is 2.07 bits per heavy atom. The molecule has 5 nitrogen and oxygen atoms in total. The Morgan fingerprint density at radius 3 is 2.76 bits per heavy atom. The van der Waals surface area contributed by atoms with Crippen molar-refractivity contribution in [2.75, 3.05) is 20.2 Å². The van der Waals surface area contributed by atoms with E-state index in [1.807, 2.05) is 33.9 Å². The average molecular weight is 397 g/mol. The van der Waals surface area contributed by atoms with E-state index in [-0.39, 0.29) is 17.8 Å². The first-order valence-electron chi connectivity index (χ1n) is 10.3. The first-order valence-corrected chi connectivity index (χ1v) is 10.3. The van der Waals surface area contributed by atoms with Gasteiger partial charge >= 0.3 is 0 Å². The molecule has 154 valence electrons. The van der Waals surface area contributed by atoms with Gasteiger partial charge in [0.05, 0.1) is 18.3 Å². The molecule has 1 aromatic carbocycles. The Morgan fingerprint density at radius 1 is 1.28 bits per heavy atom. The van der Waals surface area contributed by atoms with Crippen molar-refractivity contribution in [3.05, 3.63) is 47.0 Å². The van der Waals surface area contributed by atoms with Crippen LogP contribution < -0.4 is 10.1 Å². The number of likely N-dealkylation sites (N-methyl/N-ethyl adjacent to an activating group) is 1. The van der Waals surface area contributed by atoms with Gasteiger partial charge in [0.2, 0.25) is 5.91 Å². The number of ether oxygens (including phenoxy) is 1. The van der Waals surface area contributed by atoms with Gasteiger partial charge in [0.1, 0.15) is 17.1 Å². The van der Waals surface area contributed by atoms with Gasteiger partial charge in [-0.15, -0.1) is 0 Å². The van der Waals surface area contributed by atoms with E-state index in [4.69, 9.17) is 9.72 Å². The molecule has 0 unspecified atom stereocenters. The summed E-state index contributed by atoms with van der Waals surface area (Å²) in [5, 5.41) is 3.56. The second-order valence-electron chi connectivity index (χ2n) is 8.17. The lowest BCUT2D eigenvalue weighted by molar-refractivity contribution is -0.131. The molecule has 1 aromatic heterocycles. The molecule has 2 aromatic rings. The van der Waals surface area contributed by atoms with E-state index in [9.17, 15) is 9.18 Å². The number of nitrogens with zero attached hydrogens (tertiary/aromatic N) is 2. The van der Waals surface area contributed by atoms with Crippen LogP contribution in [0, 0.1) is 19.7 Å². The van der Waals surface area contributed by atoms with Crippen molar-refractivity contribution in [2.45, 2.75) is 51.6 Å². The second-order valence-corrected chi connectivity index (χ2v) is 8.17. The molecule has 2 fully saturated rings. The Labute approximate surface area is 171 Å². The monoisotopic (exact) mass is 397 g/mol. The zero-order valence-corrected chi connectivity index (χ0v) is 17.5. The van der Waals surface area contributed by atoms with Gasteiger partial charge < -0.3 is 9.64 Å². The molecule has 2 saturated heterocycles. The third-order valence-electron chi connectivity index (χ3n) is 6.37. The highest BCUT2D eigenvalue weighted by Crippen LogP contribution is 2.40. The molecular formula is C23H28FN3O2. The molecule has 4 rings (SSSR count). The van der Waals surface area contributed by atoms with Gasteiger partial charge in [-0.3, -0.25) is 15.1 Å². The number of likely N-dealkylation sites (tertiary alicyclic amines) is 1. The Kier molecular flexibility index (Phi) is 5.07. The van der Waals surface area contributed by atoms with E-state index in [1.165, 1.54) is 6.07 Å². The highest BCUT2D eigenvalue weighted by atomic mass is 19.1. The molecule has 1 N–H and O–H groups in total. The minimum absolute atomic E-state index is 0.0124. The number of aryl methyl sites for hydroxylation is 1. The van der Waals surface area contributed by atoms with Gasteiger partial charge in [-0.05, 0) is 75.4 Å². The van der Waals surface area contributed by atoms with Crippen molar-refractivity contribution in [1.29, 1.82) is 0 Å². The summed E-state index contributed by atoms with van der Waals surface area (Å²) in [5.41, 5.74) is 3.56. The number of halogens is 1. The molecule has 0 radical (unpaired) electrons. The summed E-state index contributed by atoms with van der Waals surface area (Å²) in [4.78, 5) is 19.2. The first kappa shape index (κ1) is 19.8. The van der Waals surface area contributed by atoms with Crippen LogP contribution in [0.2, 0.25) is 0 Å². The Balaban J connectivity index is 1.71. The van der Waals surface area contributed by atoms with Gasteiger partial charge in [0, 0.05) is 24.8 Å². The Bertz CT molecular complexity index is 961. The maximum absolute atomic E-state index is 14.7. The van der Waals surface area contributed by atoms with E-state index in [1.54, 1.807) is 17.0 Å². The van der Waals surface area contributed by atoms with Crippen molar-refractivity contribution < 1.29 is 13.9 Å². The number of aromatic nitrogens is 1. The number of pyridine rings is 1. The molecule has 0 bridgehead atoms. The topological polar surface area (TPSA) is 54.5 Å². The minimum atomic E-state index is -0.472. The van der Waals surface area contributed by atoms with Gasteiger partial charge in [0.25, 0.3) is 0 Å². The number of carbonyl (C=O) groups excluding carboxylic acids is 1. The van der Waals surface area contributed by atoms with Gasteiger partial charge in [0.15, 0.2) is 0 Å². The molecule has 1 amide bonds. The lowest BCUT2D eigenvalue weighted by Crippen LogP contribution is -2.47. The van der Waals surface area contributed by atoms with Crippen molar-refractivity contribution in [1.82, 2.24) is 15.2 Å². The van der Waals surface area contributed by atoms with Crippen LogP contribution >= 0.6 is 0 Å². The summed E-state index contributed by atoms with van der Waals surface area (Å²) in [6.07, 6.45) is 2.47. The number of rotatable bonds is 4. The second kappa shape index (κ2) is 7.41. The fourth-order valence-corrected chi connectivity index (χ4v) is 4.57. The third-order valence-corrected chi connectivity index (χ3v) is 6.37. The van der Waals surface area contributed by atoms with Gasteiger partial charge in [-0.1, -0.05) is 0 Å². The molecule has 1 spiro atoms. The Hall–Kier alpha value is -2.47. The van der Waals surface area contributed by atoms with Crippen LogP contribution in [0.15, 0.2) is 24.3 Å². The maximum Gasteiger partial charge on any atom is 0.242 e. The van der Waals surface area contributed by atoms with Crippen molar-refractivity contribution in [3.8, 4) is 16.9 Å². The van der Waals surface area contributed by atoms with Gasteiger partial charge in [-0.25, -0.2) is 4.39 Å². The zero-order valence-electron chi connectivity index (χ0n) is 17.5. The number of carbonyl (C=O) groups is 1. The molecular weight excluding hydrogens is 369 g/mol. The highest BCUT2D eigenvalue weighted by molar-refractivity contribution is 5.88. The summed E-state index contributed by atoms with van der Waals surface area (Å²) in [5.74, 6) is 0.535. The molecule has 3 heterocycles. The van der Waals surface area contributed by atoms with E-state index >= 15 is 0 Å². The summed E-state index contributed by atoms with van der Waals surface area (Å²) in [7, 11) is 1.85. The molecule has 0 saturated carbocycles. The fraction of sp³-hybridized carbons (Fsp3) is 0.478. The molecule has 29 heavy (non-hydrogen) atoms. The highest BCUT2D eigenvalue weighted by Gasteiger charge is 2.50. The van der Waals surface area contributed by atoms with Crippen molar-refractivity contribution >= 4 is 5.91 Å². The quantitative estimate of drug-likeness (QED) is 0.849. The number of amides is 1. The lowest BCUT2D eigenvalue weighted by atomic mass is 9.95. The average Bonchev–Trinajstić information content (AvgIpc) is 3.26. The standard InChI is InChI=1S/C23H28FN3O2/c1-5-29-16-6-7-19(24)18(12-16)17-13-21(25-15(3)14(17)2)20-8-9-23(26-20)10-11-27(4)22(23)28/h6-7,12-13,20,26H,5,8-11H2,1-4H3/t20-,23+/m0/s1. The van der Waals surface area contributed by atoms with E-state index < -0.39 is 5.54 Å². The number of hydrogen-bond donors (Lipinski definition) is 1. The number of hydrogen-bond acceptors (Lipinski definition) is 4. The summed E-state index contributed by atoms with van der Waals surface area (Å²) >= 11 is 0. The predicted molar refractivity (Wildman–Crippen MR) is 110 cm³/mol. The van der Waals surface area contributed by atoms with E-state index in [0.717, 1.165) is 48.3 Å². The fourth-order valence-electron chi connectivity index (χ4n) is 4.57.